The van der Waals surface area contributed by atoms with Crippen LogP contribution in [-0.2, 0) is 25.3 Å². The fourth-order valence-electron chi connectivity index (χ4n) is 2.71. The van der Waals surface area contributed by atoms with Gasteiger partial charge in [0, 0.05) is 42.5 Å². The maximum atomic E-state index is 12.1. The minimum Gasteiger partial charge on any atom is -0.335 e. The summed E-state index contributed by atoms with van der Waals surface area (Å²) < 4.78 is 3.81. The van der Waals surface area contributed by atoms with Gasteiger partial charge in [-0.25, -0.2) is 9.78 Å². The van der Waals surface area contributed by atoms with Gasteiger partial charge in [0.2, 0.25) is 0 Å². The molecule has 0 atom stereocenters. The largest absolute Gasteiger partial charge is 0.335 e. The van der Waals surface area contributed by atoms with E-state index in [2.05, 4.69) is 14.5 Å². The van der Waals surface area contributed by atoms with Crippen molar-refractivity contribution in [1.82, 2.24) is 19.1 Å². The van der Waals surface area contributed by atoms with Crippen LogP contribution in [0.3, 0.4) is 0 Å². The molecule has 1 aliphatic rings. The Hall–Kier alpha value is -1.76. The van der Waals surface area contributed by atoms with E-state index in [1.807, 2.05) is 13.1 Å². The van der Waals surface area contributed by atoms with Crippen LogP contribution in [0, 0.1) is 6.92 Å². The molecule has 2 aromatic heterocycles. The smallest absolute Gasteiger partial charge is 0.328 e. The second-order valence-electron chi connectivity index (χ2n) is 5.16. The van der Waals surface area contributed by atoms with Gasteiger partial charge in [-0.2, -0.15) is 11.8 Å². The molecule has 2 aromatic rings. The first-order valence-electron chi connectivity index (χ1n) is 7.07. The van der Waals surface area contributed by atoms with Crippen LogP contribution in [-0.4, -0.2) is 24.9 Å². The van der Waals surface area contributed by atoms with Crippen molar-refractivity contribution in [3.05, 3.63) is 50.3 Å². The van der Waals surface area contributed by atoms with Gasteiger partial charge in [-0.15, -0.1) is 0 Å². The van der Waals surface area contributed by atoms with Crippen LogP contribution < -0.4 is 11.2 Å². The minimum absolute atomic E-state index is 0.219. The zero-order valence-corrected chi connectivity index (χ0v) is 12.8. The van der Waals surface area contributed by atoms with Crippen molar-refractivity contribution in [3.8, 4) is 0 Å². The van der Waals surface area contributed by atoms with Gasteiger partial charge < -0.3 is 4.57 Å². The summed E-state index contributed by atoms with van der Waals surface area (Å²) in [5.74, 6) is 2.64. The van der Waals surface area contributed by atoms with Crippen LogP contribution in [0.2, 0.25) is 0 Å². The minimum atomic E-state index is -0.284. The third kappa shape index (κ3) is 2.83. The second kappa shape index (κ2) is 5.93. The summed E-state index contributed by atoms with van der Waals surface area (Å²) in [4.78, 5) is 30.5. The molecule has 1 aliphatic heterocycles. The zero-order valence-electron chi connectivity index (χ0n) is 12.0. The van der Waals surface area contributed by atoms with Crippen LogP contribution in [0.5, 0.6) is 0 Å². The molecule has 0 spiro atoms. The predicted molar refractivity (Wildman–Crippen MR) is 82.8 cm³/mol. The van der Waals surface area contributed by atoms with E-state index < -0.39 is 0 Å². The number of nitrogens with one attached hydrogen (secondary N) is 1. The van der Waals surface area contributed by atoms with Crippen LogP contribution in [0.1, 0.15) is 23.5 Å². The molecule has 0 amide bonds. The highest BCUT2D eigenvalue weighted by atomic mass is 32.2. The van der Waals surface area contributed by atoms with Gasteiger partial charge in [0.25, 0.3) is 5.56 Å². The van der Waals surface area contributed by atoms with Crippen molar-refractivity contribution in [3.63, 3.8) is 0 Å². The summed E-state index contributed by atoms with van der Waals surface area (Å²) >= 11 is 1.74. The third-order valence-electron chi connectivity index (χ3n) is 3.85. The highest BCUT2D eigenvalue weighted by Crippen LogP contribution is 2.20. The number of H-pyrrole nitrogens is 1. The maximum absolute atomic E-state index is 12.1. The number of thioether (sulfide) groups is 1. The molecule has 0 unspecified atom stereocenters. The zero-order chi connectivity index (χ0) is 14.8. The molecule has 7 heteroatoms. The molecule has 0 fully saturated rings. The van der Waals surface area contributed by atoms with Crippen LogP contribution in [0.25, 0.3) is 0 Å². The molecule has 0 bridgehead atoms. The number of aromatic nitrogens is 4. The first-order chi connectivity index (χ1) is 10.2. The lowest BCUT2D eigenvalue weighted by Crippen LogP contribution is -2.37. The molecule has 0 radical (unpaired) electrons. The Balaban J connectivity index is 1.81. The van der Waals surface area contributed by atoms with Gasteiger partial charge in [0.1, 0.15) is 5.82 Å². The first-order valence-corrected chi connectivity index (χ1v) is 8.22. The van der Waals surface area contributed by atoms with E-state index in [9.17, 15) is 9.59 Å². The number of hydrogen-bond donors (Lipinski definition) is 1. The molecule has 21 heavy (non-hydrogen) atoms. The Kier molecular flexibility index (Phi) is 4.01. The lowest BCUT2D eigenvalue weighted by molar-refractivity contribution is 0.521. The average Bonchev–Trinajstić information content (AvgIpc) is 2.88. The standard InChI is InChI=1S/C14H18N4O2S/c1-10-15-4-7-17(10)5-2-6-18-12-3-8-21-9-11(12)13(19)16-14(18)20/h4,7H,2-3,5-6,8-9H2,1H3,(H,16,19,20). The molecule has 3 heterocycles. The molecule has 0 aromatic carbocycles. The van der Waals surface area contributed by atoms with Crippen molar-refractivity contribution in [2.75, 3.05) is 5.75 Å². The van der Waals surface area contributed by atoms with Crippen LogP contribution in [0.4, 0.5) is 0 Å². The van der Waals surface area contributed by atoms with E-state index in [-0.39, 0.29) is 11.2 Å². The molecule has 0 aliphatic carbocycles. The Morgan fingerprint density at radius 2 is 2.24 bits per heavy atom. The summed E-state index contributed by atoms with van der Waals surface area (Å²) in [6, 6.07) is 0. The fourth-order valence-corrected chi connectivity index (χ4v) is 3.69. The van der Waals surface area contributed by atoms with E-state index >= 15 is 0 Å². The van der Waals surface area contributed by atoms with Crippen molar-refractivity contribution in [2.24, 2.45) is 0 Å². The van der Waals surface area contributed by atoms with Gasteiger partial charge in [0.05, 0.1) is 0 Å². The Labute approximate surface area is 126 Å². The lowest BCUT2D eigenvalue weighted by atomic mass is 10.2. The predicted octanol–water partition coefficient (Wildman–Crippen LogP) is 0.921. The number of rotatable bonds is 4. The van der Waals surface area contributed by atoms with Crippen LogP contribution in [0.15, 0.2) is 22.0 Å². The fraction of sp³-hybridized carbons (Fsp3) is 0.500. The molecule has 112 valence electrons. The third-order valence-corrected chi connectivity index (χ3v) is 4.83. The molecule has 0 saturated carbocycles. The molecule has 3 rings (SSSR count). The topological polar surface area (TPSA) is 72.7 Å². The second-order valence-corrected chi connectivity index (χ2v) is 6.27. The van der Waals surface area contributed by atoms with E-state index in [1.165, 1.54) is 0 Å². The summed E-state index contributed by atoms with van der Waals surface area (Å²) in [6.45, 7) is 3.41. The monoisotopic (exact) mass is 306 g/mol. The molecular weight excluding hydrogens is 288 g/mol. The highest BCUT2D eigenvalue weighted by molar-refractivity contribution is 7.98. The number of nitrogens with zero attached hydrogens (tertiary/aromatic N) is 3. The van der Waals surface area contributed by atoms with Crippen molar-refractivity contribution >= 4 is 11.8 Å². The number of aryl methyl sites for hydroxylation is 2. The summed E-state index contributed by atoms with van der Waals surface area (Å²) in [5, 5.41) is 0. The van der Waals surface area contributed by atoms with Gasteiger partial charge in [-0.05, 0) is 25.5 Å². The quantitative estimate of drug-likeness (QED) is 0.912. The number of aromatic amines is 1. The Morgan fingerprint density at radius 3 is 3.00 bits per heavy atom. The Morgan fingerprint density at radius 1 is 1.38 bits per heavy atom. The Bertz CT molecular complexity index is 759. The van der Waals surface area contributed by atoms with E-state index in [0.717, 1.165) is 42.2 Å². The molecule has 6 nitrogen and oxygen atoms in total. The van der Waals surface area contributed by atoms with Crippen LogP contribution >= 0.6 is 11.8 Å². The lowest BCUT2D eigenvalue weighted by Gasteiger charge is -2.19. The van der Waals surface area contributed by atoms with Crippen molar-refractivity contribution in [1.29, 1.82) is 0 Å². The van der Waals surface area contributed by atoms with Crippen molar-refractivity contribution < 1.29 is 0 Å². The number of hydrogen-bond acceptors (Lipinski definition) is 4. The van der Waals surface area contributed by atoms with E-state index in [4.69, 9.17) is 0 Å². The van der Waals surface area contributed by atoms with Gasteiger partial charge in [-0.1, -0.05) is 0 Å². The summed E-state index contributed by atoms with van der Waals surface area (Å²) in [5.41, 5.74) is 1.19. The molecule has 1 N–H and O–H groups in total. The number of imidazole rings is 1. The van der Waals surface area contributed by atoms with Gasteiger partial charge >= 0.3 is 5.69 Å². The first kappa shape index (κ1) is 14.2. The van der Waals surface area contributed by atoms with E-state index in [0.29, 0.717) is 12.3 Å². The maximum Gasteiger partial charge on any atom is 0.328 e. The molecular formula is C14H18N4O2S. The molecule has 0 saturated heterocycles. The normalized spacial score (nSPS) is 14.1. The van der Waals surface area contributed by atoms with E-state index in [1.54, 1.807) is 22.5 Å². The van der Waals surface area contributed by atoms with Crippen molar-refractivity contribution in [2.45, 2.75) is 38.6 Å². The average molecular weight is 306 g/mol. The SMILES string of the molecule is Cc1nccn1CCCn1c2c(c(=O)[nH]c1=O)CSCC2. The van der Waals surface area contributed by atoms with Gasteiger partial charge in [-0.3, -0.25) is 14.3 Å². The van der Waals surface area contributed by atoms with Gasteiger partial charge in [0.15, 0.2) is 0 Å². The summed E-state index contributed by atoms with van der Waals surface area (Å²) in [7, 11) is 0. The highest BCUT2D eigenvalue weighted by Gasteiger charge is 2.18. The summed E-state index contributed by atoms with van der Waals surface area (Å²) in [6.07, 6.45) is 5.35. The number of fused-ring (bicyclic) bond motifs is 1.